The summed E-state index contributed by atoms with van der Waals surface area (Å²) in [6.07, 6.45) is 8.82. The lowest BCUT2D eigenvalue weighted by Crippen LogP contribution is -2.28. The van der Waals surface area contributed by atoms with Gasteiger partial charge in [0.25, 0.3) is 0 Å². The van der Waals surface area contributed by atoms with Crippen molar-refractivity contribution in [3.05, 3.63) is 29.5 Å². The minimum Gasteiger partial charge on any atom is -0.381 e. The molecule has 0 spiro atoms. The molecule has 1 aliphatic carbocycles. The van der Waals surface area contributed by atoms with Gasteiger partial charge in [0.05, 0.1) is 6.10 Å². The van der Waals surface area contributed by atoms with Crippen molar-refractivity contribution in [1.29, 1.82) is 0 Å². The number of nitrogens with one attached hydrogen (secondary N) is 1. The van der Waals surface area contributed by atoms with E-state index in [0.29, 0.717) is 36.6 Å². The maximum absolute atomic E-state index is 12.5. The lowest BCUT2D eigenvalue weighted by Gasteiger charge is -2.17. The number of amides is 2. The Bertz CT molecular complexity index is 717. The van der Waals surface area contributed by atoms with Gasteiger partial charge in [-0.2, -0.15) is 0 Å². The Morgan fingerprint density at radius 2 is 2.08 bits per heavy atom. The molecule has 2 fully saturated rings. The number of fused-ring (bicyclic) bond motifs is 2. The predicted molar refractivity (Wildman–Crippen MR) is 93.8 cm³/mol. The third-order valence-corrected chi connectivity index (χ3v) is 5.64. The van der Waals surface area contributed by atoms with Crippen LogP contribution in [-0.4, -0.2) is 48.0 Å². The molecule has 132 valence electrons. The summed E-state index contributed by atoms with van der Waals surface area (Å²) in [4.78, 5) is 30.1. The Balaban J connectivity index is 1.38. The number of carbonyl (C=O) groups is 2. The van der Waals surface area contributed by atoms with Gasteiger partial charge in [-0.1, -0.05) is 0 Å². The largest absolute Gasteiger partial charge is 0.381 e. The first-order chi connectivity index (χ1) is 12.1. The summed E-state index contributed by atoms with van der Waals surface area (Å²) in [5, 5.41) is 2.77. The van der Waals surface area contributed by atoms with E-state index in [0.717, 1.165) is 37.1 Å². The molecule has 1 saturated heterocycles. The Morgan fingerprint density at radius 1 is 1.32 bits per heavy atom. The van der Waals surface area contributed by atoms with Crippen molar-refractivity contribution in [2.24, 2.45) is 11.8 Å². The van der Waals surface area contributed by atoms with Crippen LogP contribution < -0.4 is 5.32 Å². The molecule has 1 saturated carbocycles. The van der Waals surface area contributed by atoms with Gasteiger partial charge in [0.15, 0.2) is 0 Å². The van der Waals surface area contributed by atoms with Crippen LogP contribution in [0.2, 0.25) is 0 Å². The average Bonchev–Trinajstić information content (AvgIpc) is 3.18. The summed E-state index contributed by atoms with van der Waals surface area (Å²) in [5.41, 5.74) is 1.91. The minimum absolute atomic E-state index is 0.00811. The van der Waals surface area contributed by atoms with E-state index in [9.17, 15) is 9.59 Å². The first-order valence-electron chi connectivity index (χ1n) is 8.91. The molecule has 0 aromatic carbocycles. The number of hydrogen-bond acceptors (Lipinski definition) is 4. The second-order valence-electron chi connectivity index (χ2n) is 7.25. The lowest BCUT2D eigenvalue weighted by atomic mass is 10.0. The van der Waals surface area contributed by atoms with Gasteiger partial charge in [0, 0.05) is 38.9 Å². The average molecular weight is 341 g/mol. The van der Waals surface area contributed by atoms with Crippen LogP contribution in [0.4, 0.5) is 5.82 Å². The maximum atomic E-state index is 12.5. The number of rotatable bonds is 3. The summed E-state index contributed by atoms with van der Waals surface area (Å²) < 4.78 is 5.45. The van der Waals surface area contributed by atoms with Crippen LogP contribution in [0.5, 0.6) is 0 Å². The Kier molecular flexibility index (Phi) is 4.29. The van der Waals surface area contributed by atoms with E-state index in [4.69, 9.17) is 4.74 Å². The standard InChI is InChI=1S/C19H23N3O3/c1-25-16-7-14-10-22(11-15(14)8-16)18(24)5-2-12-6-13-3-4-17(23)21-19(13)20-9-12/h2,5-6,9,14-16H,3-4,7-8,10-11H2,1H3,(H,20,21,23)/b5-2+. The zero-order valence-electron chi connectivity index (χ0n) is 14.4. The van der Waals surface area contributed by atoms with Crippen molar-refractivity contribution >= 4 is 23.7 Å². The molecule has 0 bridgehead atoms. The van der Waals surface area contributed by atoms with Crippen molar-refractivity contribution in [2.45, 2.75) is 31.8 Å². The molecule has 2 aliphatic heterocycles. The van der Waals surface area contributed by atoms with E-state index in [2.05, 4.69) is 10.3 Å². The number of carbonyl (C=O) groups excluding carboxylic acids is 2. The van der Waals surface area contributed by atoms with Gasteiger partial charge in [-0.3, -0.25) is 9.59 Å². The first kappa shape index (κ1) is 16.3. The van der Waals surface area contributed by atoms with Crippen LogP contribution in [0.1, 0.15) is 30.4 Å². The van der Waals surface area contributed by atoms with E-state index in [1.54, 1.807) is 19.4 Å². The van der Waals surface area contributed by atoms with Crippen LogP contribution in [0.25, 0.3) is 6.08 Å². The molecule has 4 rings (SSSR count). The fourth-order valence-corrected chi connectivity index (χ4v) is 4.26. The second-order valence-corrected chi connectivity index (χ2v) is 7.25. The maximum Gasteiger partial charge on any atom is 0.246 e. The molecular formula is C19H23N3O3. The first-order valence-corrected chi connectivity index (χ1v) is 8.91. The molecule has 1 N–H and O–H groups in total. The fraction of sp³-hybridized carbons (Fsp3) is 0.526. The number of hydrogen-bond donors (Lipinski definition) is 1. The van der Waals surface area contributed by atoms with Crippen molar-refractivity contribution in [2.75, 3.05) is 25.5 Å². The van der Waals surface area contributed by atoms with Crippen molar-refractivity contribution < 1.29 is 14.3 Å². The lowest BCUT2D eigenvalue weighted by molar-refractivity contribution is -0.125. The molecule has 6 heteroatoms. The number of anilines is 1. The molecule has 3 aliphatic rings. The topological polar surface area (TPSA) is 71.5 Å². The van der Waals surface area contributed by atoms with Gasteiger partial charge in [0.1, 0.15) is 5.82 Å². The summed E-state index contributed by atoms with van der Waals surface area (Å²) in [7, 11) is 1.77. The number of pyridine rings is 1. The Morgan fingerprint density at radius 3 is 2.80 bits per heavy atom. The van der Waals surface area contributed by atoms with E-state index in [1.807, 2.05) is 17.0 Å². The molecule has 25 heavy (non-hydrogen) atoms. The van der Waals surface area contributed by atoms with Crippen LogP contribution in [-0.2, 0) is 20.7 Å². The second kappa shape index (κ2) is 6.59. The smallest absolute Gasteiger partial charge is 0.246 e. The van der Waals surface area contributed by atoms with Crippen LogP contribution in [0.15, 0.2) is 18.3 Å². The van der Waals surface area contributed by atoms with Crippen molar-refractivity contribution in [3.8, 4) is 0 Å². The van der Waals surface area contributed by atoms with Crippen LogP contribution in [0, 0.1) is 11.8 Å². The normalized spacial score (nSPS) is 28.1. The number of methoxy groups -OCH3 is 1. The number of nitrogens with zero attached hydrogens (tertiary/aromatic N) is 2. The van der Waals surface area contributed by atoms with Crippen LogP contribution >= 0.6 is 0 Å². The van der Waals surface area contributed by atoms with Gasteiger partial charge >= 0.3 is 0 Å². The zero-order valence-corrected chi connectivity index (χ0v) is 14.4. The Labute approximate surface area is 147 Å². The van der Waals surface area contributed by atoms with Crippen molar-refractivity contribution in [1.82, 2.24) is 9.88 Å². The summed E-state index contributed by atoms with van der Waals surface area (Å²) in [6.45, 7) is 1.67. The monoisotopic (exact) mass is 341 g/mol. The number of ether oxygens (including phenoxy) is 1. The SMILES string of the molecule is COC1CC2CN(C(=O)/C=C/c3cnc4c(c3)CCC(=O)N4)CC2C1. The van der Waals surface area contributed by atoms with Gasteiger partial charge in [0.2, 0.25) is 11.8 Å². The molecule has 3 heterocycles. The third-order valence-electron chi connectivity index (χ3n) is 5.64. The molecular weight excluding hydrogens is 318 g/mol. The molecule has 6 nitrogen and oxygen atoms in total. The summed E-state index contributed by atoms with van der Waals surface area (Å²) in [6, 6.07) is 1.99. The highest BCUT2D eigenvalue weighted by atomic mass is 16.5. The highest BCUT2D eigenvalue weighted by Gasteiger charge is 2.41. The Hall–Kier alpha value is -2.21. The number of aryl methyl sites for hydroxylation is 1. The van der Waals surface area contributed by atoms with Crippen molar-refractivity contribution in [3.63, 3.8) is 0 Å². The molecule has 2 unspecified atom stereocenters. The molecule has 2 amide bonds. The van der Waals surface area contributed by atoms with E-state index in [1.165, 1.54) is 0 Å². The molecule has 1 aromatic rings. The van der Waals surface area contributed by atoms with Gasteiger partial charge in [-0.05, 0) is 54.4 Å². The predicted octanol–water partition coefficient (Wildman–Crippen LogP) is 1.86. The minimum atomic E-state index is 0.00811. The van der Waals surface area contributed by atoms with E-state index < -0.39 is 0 Å². The third kappa shape index (κ3) is 3.31. The molecule has 2 atom stereocenters. The highest BCUT2D eigenvalue weighted by Crippen LogP contribution is 2.39. The van der Waals surface area contributed by atoms with Gasteiger partial charge in [-0.15, -0.1) is 0 Å². The molecule has 1 aromatic heterocycles. The summed E-state index contributed by atoms with van der Waals surface area (Å²) >= 11 is 0. The van der Waals surface area contributed by atoms with E-state index >= 15 is 0 Å². The van der Waals surface area contributed by atoms with Crippen LogP contribution in [0.3, 0.4) is 0 Å². The molecule has 0 radical (unpaired) electrons. The highest BCUT2D eigenvalue weighted by molar-refractivity contribution is 5.94. The fourth-order valence-electron chi connectivity index (χ4n) is 4.26. The van der Waals surface area contributed by atoms with E-state index in [-0.39, 0.29) is 11.8 Å². The number of aromatic nitrogens is 1. The number of likely N-dealkylation sites (tertiary alicyclic amines) is 1. The summed E-state index contributed by atoms with van der Waals surface area (Å²) in [5.74, 6) is 1.87. The quantitative estimate of drug-likeness (QED) is 0.852. The van der Waals surface area contributed by atoms with Gasteiger partial charge in [-0.25, -0.2) is 4.98 Å². The zero-order chi connectivity index (χ0) is 17.4. The van der Waals surface area contributed by atoms with Gasteiger partial charge < -0.3 is 15.0 Å².